The van der Waals surface area contributed by atoms with Gasteiger partial charge in [0.05, 0.1) is 5.88 Å². The second kappa shape index (κ2) is 5.33. The first-order valence-corrected chi connectivity index (χ1v) is 6.49. The van der Waals surface area contributed by atoms with Crippen LogP contribution in [0.25, 0.3) is 10.8 Å². The van der Waals surface area contributed by atoms with Crippen molar-refractivity contribution in [2.75, 3.05) is 0 Å². The van der Waals surface area contributed by atoms with Crippen LogP contribution in [-0.4, -0.2) is 4.98 Å². The van der Waals surface area contributed by atoms with Crippen molar-refractivity contribution >= 4 is 22.4 Å². The highest BCUT2D eigenvalue weighted by Crippen LogP contribution is 2.25. The van der Waals surface area contributed by atoms with Crippen LogP contribution in [0.4, 0.5) is 0 Å². The molecule has 0 saturated carbocycles. The second-order valence-electron chi connectivity index (χ2n) is 4.18. The average Bonchev–Trinajstić information content (AvgIpc) is 2.88. The molecule has 4 heteroatoms. The van der Waals surface area contributed by atoms with E-state index in [1.807, 2.05) is 36.4 Å². The SMILES string of the molecule is ClCc1occ2cnc(OCc3ccccc3)cc12. The van der Waals surface area contributed by atoms with Gasteiger partial charge in [0.15, 0.2) is 0 Å². The number of halogens is 1. The largest absolute Gasteiger partial charge is 0.473 e. The monoisotopic (exact) mass is 273 g/mol. The van der Waals surface area contributed by atoms with Gasteiger partial charge >= 0.3 is 0 Å². The van der Waals surface area contributed by atoms with Crippen molar-refractivity contribution in [1.29, 1.82) is 0 Å². The maximum Gasteiger partial charge on any atom is 0.214 e. The summed E-state index contributed by atoms with van der Waals surface area (Å²) in [6.45, 7) is 0.493. The van der Waals surface area contributed by atoms with E-state index in [-0.39, 0.29) is 0 Å². The van der Waals surface area contributed by atoms with Crippen molar-refractivity contribution in [2.45, 2.75) is 12.5 Å². The summed E-state index contributed by atoms with van der Waals surface area (Å²) in [7, 11) is 0. The van der Waals surface area contributed by atoms with E-state index in [1.165, 1.54) is 0 Å². The molecule has 19 heavy (non-hydrogen) atoms. The first kappa shape index (κ1) is 12.1. The molecular formula is C15H12ClNO2. The molecule has 0 N–H and O–H groups in total. The van der Waals surface area contributed by atoms with E-state index in [2.05, 4.69) is 4.98 Å². The number of alkyl halides is 1. The number of ether oxygens (including phenoxy) is 1. The highest BCUT2D eigenvalue weighted by atomic mass is 35.5. The molecule has 1 aromatic carbocycles. The Hall–Kier alpha value is -2.00. The maximum atomic E-state index is 5.82. The van der Waals surface area contributed by atoms with Crippen LogP contribution < -0.4 is 4.74 Å². The summed E-state index contributed by atoms with van der Waals surface area (Å²) in [5.41, 5.74) is 1.11. The van der Waals surface area contributed by atoms with Gasteiger partial charge in [0.25, 0.3) is 0 Å². The van der Waals surface area contributed by atoms with Crippen molar-refractivity contribution < 1.29 is 9.15 Å². The molecule has 0 bridgehead atoms. The summed E-state index contributed by atoms with van der Waals surface area (Å²) in [6.07, 6.45) is 3.39. The van der Waals surface area contributed by atoms with Gasteiger partial charge in [-0.1, -0.05) is 30.3 Å². The molecule has 0 amide bonds. The predicted molar refractivity (Wildman–Crippen MR) is 74.3 cm³/mol. The molecule has 0 unspecified atom stereocenters. The first-order valence-electron chi connectivity index (χ1n) is 5.95. The van der Waals surface area contributed by atoms with E-state index in [0.29, 0.717) is 18.4 Å². The molecule has 96 valence electrons. The predicted octanol–water partition coefficient (Wildman–Crippen LogP) is 4.15. The molecule has 0 saturated heterocycles. The molecule has 0 spiro atoms. The van der Waals surface area contributed by atoms with Gasteiger partial charge < -0.3 is 9.15 Å². The van der Waals surface area contributed by atoms with Crippen LogP contribution in [0.5, 0.6) is 5.88 Å². The molecular weight excluding hydrogens is 262 g/mol. The summed E-state index contributed by atoms with van der Waals surface area (Å²) in [5, 5.41) is 1.88. The van der Waals surface area contributed by atoms with Gasteiger partial charge in [-0.05, 0) is 5.56 Å². The zero-order chi connectivity index (χ0) is 13.1. The van der Waals surface area contributed by atoms with E-state index in [0.717, 1.165) is 22.1 Å². The summed E-state index contributed by atoms with van der Waals surface area (Å²) < 4.78 is 11.0. The number of nitrogens with zero attached hydrogens (tertiary/aromatic N) is 1. The fourth-order valence-corrected chi connectivity index (χ4v) is 2.10. The normalized spacial score (nSPS) is 10.8. The number of hydrogen-bond donors (Lipinski definition) is 0. The van der Waals surface area contributed by atoms with Gasteiger partial charge in [-0.3, -0.25) is 0 Å². The molecule has 3 nitrogen and oxygen atoms in total. The van der Waals surface area contributed by atoms with E-state index < -0.39 is 0 Å². The average molecular weight is 274 g/mol. The third-order valence-electron chi connectivity index (χ3n) is 2.89. The lowest BCUT2D eigenvalue weighted by Crippen LogP contribution is -1.96. The summed E-state index contributed by atoms with van der Waals surface area (Å²) in [5.74, 6) is 1.65. The molecule has 0 aliphatic rings. The molecule has 0 radical (unpaired) electrons. The Morgan fingerprint density at radius 2 is 2.05 bits per heavy atom. The number of benzene rings is 1. The van der Waals surface area contributed by atoms with Crippen LogP contribution in [-0.2, 0) is 12.5 Å². The highest BCUT2D eigenvalue weighted by molar-refractivity contribution is 6.17. The van der Waals surface area contributed by atoms with Crippen LogP contribution in [0.2, 0.25) is 0 Å². The Bertz CT molecular complexity index is 679. The molecule has 3 rings (SSSR count). The van der Waals surface area contributed by atoms with Crippen molar-refractivity contribution in [1.82, 2.24) is 4.98 Å². The number of rotatable bonds is 4. The Kier molecular flexibility index (Phi) is 3.38. The summed E-state index contributed by atoms with van der Waals surface area (Å²) in [6, 6.07) is 11.8. The fraction of sp³-hybridized carbons (Fsp3) is 0.133. The van der Waals surface area contributed by atoms with Gasteiger partial charge in [0.1, 0.15) is 18.6 Å². The minimum atomic E-state index is 0.339. The van der Waals surface area contributed by atoms with Crippen molar-refractivity contribution in [2.24, 2.45) is 0 Å². The number of furan rings is 1. The fourth-order valence-electron chi connectivity index (χ4n) is 1.89. The third-order valence-corrected chi connectivity index (χ3v) is 3.13. The van der Waals surface area contributed by atoms with Gasteiger partial charge in [-0.15, -0.1) is 11.6 Å². The van der Waals surface area contributed by atoms with Gasteiger partial charge in [0, 0.05) is 23.0 Å². The second-order valence-corrected chi connectivity index (χ2v) is 4.44. The number of hydrogen-bond acceptors (Lipinski definition) is 3. The smallest absolute Gasteiger partial charge is 0.214 e. The van der Waals surface area contributed by atoms with Crippen molar-refractivity contribution in [3.63, 3.8) is 0 Å². The van der Waals surface area contributed by atoms with Gasteiger partial charge in [-0.25, -0.2) is 4.98 Å². The first-order chi connectivity index (χ1) is 9.36. The van der Waals surface area contributed by atoms with Gasteiger partial charge in [-0.2, -0.15) is 0 Å². The van der Waals surface area contributed by atoms with E-state index >= 15 is 0 Å². The summed E-state index contributed by atoms with van der Waals surface area (Å²) in [4.78, 5) is 4.24. The van der Waals surface area contributed by atoms with Crippen molar-refractivity contribution in [3.05, 3.63) is 60.2 Å². The molecule has 0 fully saturated rings. The minimum absolute atomic E-state index is 0.339. The number of fused-ring (bicyclic) bond motifs is 1. The lowest BCUT2D eigenvalue weighted by Gasteiger charge is -2.05. The van der Waals surface area contributed by atoms with E-state index in [1.54, 1.807) is 12.5 Å². The zero-order valence-electron chi connectivity index (χ0n) is 10.2. The Morgan fingerprint density at radius 1 is 1.21 bits per heavy atom. The van der Waals surface area contributed by atoms with Crippen LogP contribution in [0, 0.1) is 0 Å². The van der Waals surface area contributed by atoms with E-state index in [4.69, 9.17) is 20.8 Å². The topological polar surface area (TPSA) is 35.3 Å². The van der Waals surface area contributed by atoms with Gasteiger partial charge in [0.2, 0.25) is 5.88 Å². The Morgan fingerprint density at radius 3 is 2.84 bits per heavy atom. The minimum Gasteiger partial charge on any atom is -0.473 e. The third kappa shape index (κ3) is 2.56. The number of pyridine rings is 1. The standard InChI is InChI=1S/C15H12ClNO2/c16-7-14-13-6-15(17-8-12(13)10-18-14)19-9-11-4-2-1-3-5-11/h1-6,8,10H,7,9H2. The lowest BCUT2D eigenvalue weighted by atomic mass is 10.2. The van der Waals surface area contributed by atoms with Crippen LogP contribution >= 0.6 is 11.6 Å². The Labute approximate surface area is 115 Å². The molecule has 0 aliphatic carbocycles. The van der Waals surface area contributed by atoms with Crippen molar-refractivity contribution in [3.8, 4) is 5.88 Å². The highest BCUT2D eigenvalue weighted by Gasteiger charge is 2.07. The van der Waals surface area contributed by atoms with Crippen LogP contribution in [0.1, 0.15) is 11.3 Å². The number of aromatic nitrogens is 1. The molecule has 2 heterocycles. The maximum absolute atomic E-state index is 5.82. The van der Waals surface area contributed by atoms with Crippen LogP contribution in [0.3, 0.4) is 0 Å². The molecule has 3 aromatic rings. The summed E-state index contributed by atoms with van der Waals surface area (Å²) >= 11 is 5.82. The lowest BCUT2D eigenvalue weighted by molar-refractivity contribution is 0.294. The quantitative estimate of drug-likeness (QED) is 0.670. The zero-order valence-corrected chi connectivity index (χ0v) is 10.9. The van der Waals surface area contributed by atoms with E-state index in [9.17, 15) is 0 Å². The van der Waals surface area contributed by atoms with Crippen LogP contribution in [0.15, 0.2) is 53.3 Å². The Balaban J connectivity index is 1.81. The molecule has 2 aromatic heterocycles. The molecule has 0 aliphatic heterocycles. The molecule has 0 atom stereocenters.